The Kier molecular flexibility index (Phi) is 3.50. The van der Waals surface area contributed by atoms with Crippen molar-refractivity contribution in [3.8, 4) is 0 Å². The standard InChI is InChI=1S/C13H11F3N2/c1-2-18(9-6-4-3-5-7-9)13-11(15)8-10(14)12(16)17-13/h3-8H,2H2,1H3. The number of aromatic nitrogens is 1. The zero-order valence-electron chi connectivity index (χ0n) is 9.70. The quantitative estimate of drug-likeness (QED) is 0.775. The molecule has 18 heavy (non-hydrogen) atoms. The van der Waals surface area contributed by atoms with Gasteiger partial charge in [-0.15, -0.1) is 0 Å². The third kappa shape index (κ3) is 2.30. The van der Waals surface area contributed by atoms with Gasteiger partial charge < -0.3 is 4.90 Å². The molecule has 2 aromatic rings. The molecule has 0 spiro atoms. The molecule has 0 saturated heterocycles. The van der Waals surface area contributed by atoms with Gasteiger partial charge >= 0.3 is 0 Å². The van der Waals surface area contributed by atoms with Gasteiger partial charge in [0.25, 0.3) is 5.95 Å². The van der Waals surface area contributed by atoms with Crippen LogP contribution in [0.4, 0.5) is 24.7 Å². The monoisotopic (exact) mass is 252 g/mol. The summed E-state index contributed by atoms with van der Waals surface area (Å²) in [5.74, 6) is -3.71. The molecule has 0 amide bonds. The average Bonchev–Trinajstić information content (AvgIpc) is 2.38. The number of hydrogen-bond donors (Lipinski definition) is 0. The largest absolute Gasteiger partial charge is 0.324 e. The van der Waals surface area contributed by atoms with Crippen LogP contribution in [0, 0.1) is 17.6 Å². The van der Waals surface area contributed by atoms with E-state index in [2.05, 4.69) is 4.98 Å². The molecule has 2 nitrogen and oxygen atoms in total. The highest BCUT2D eigenvalue weighted by Gasteiger charge is 2.17. The van der Waals surface area contributed by atoms with Crippen LogP contribution in [0.3, 0.4) is 0 Å². The molecule has 0 aliphatic heterocycles. The van der Waals surface area contributed by atoms with E-state index in [1.54, 1.807) is 31.2 Å². The Labute approximate surface area is 103 Å². The zero-order valence-corrected chi connectivity index (χ0v) is 9.70. The van der Waals surface area contributed by atoms with E-state index in [-0.39, 0.29) is 5.82 Å². The molecular formula is C13H11F3N2. The number of para-hydroxylation sites is 1. The molecule has 1 heterocycles. The zero-order chi connectivity index (χ0) is 13.1. The molecule has 0 unspecified atom stereocenters. The summed E-state index contributed by atoms with van der Waals surface area (Å²) < 4.78 is 39.6. The second-order valence-electron chi connectivity index (χ2n) is 3.65. The third-order valence-electron chi connectivity index (χ3n) is 2.51. The fourth-order valence-electron chi connectivity index (χ4n) is 1.69. The Morgan fingerprint density at radius 3 is 2.33 bits per heavy atom. The van der Waals surface area contributed by atoms with Gasteiger partial charge in [0.15, 0.2) is 17.5 Å². The fourth-order valence-corrected chi connectivity index (χ4v) is 1.69. The second kappa shape index (κ2) is 5.08. The maximum Gasteiger partial charge on any atom is 0.251 e. The molecule has 0 saturated carbocycles. The molecule has 1 aromatic heterocycles. The number of hydrogen-bond acceptors (Lipinski definition) is 2. The Hall–Kier alpha value is -2.04. The Bertz CT molecular complexity index is 543. The first kappa shape index (κ1) is 12.4. The van der Waals surface area contributed by atoms with Crippen LogP contribution in [0.15, 0.2) is 36.4 Å². The Morgan fingerprint density at radius 2 is 1.72 bits per heavy atom. The van der Waals surface area contributed by atoms with E-state index in [9.17, 15) is 13.2 Å². The van der Waals surface area contributed by atoms with Gasteiger partial charge in [-0.1, -0.05) is 18.2 Å². The van der Waals surface area contributed by atoms with Crippen molar-refractivity contribution in [2.75, 3.05) is 11.4 Å². The van der Waals surface area contributed by atoms with E-state index < -0.39 is 17.6 Å². The second-order valence-corrected chi connectivity index (χ2v) is 3.65. The highest BCUT2D eigenvalue weighted by molar-refractivity contribution is 5.59. The van der Waals surface area contributed by atoms with Crippen molar-refractivity contribution >= 4 is 11.5 Å². The topological polar surface area (TPSA) is 16.1 Å². The maximum absolute atomic E-state index is 13.6. The molecule has 0 atom stereocenters. The van der Waals surface area contributed by atoms with E-state index in [0.29, 0.717) is 18.3 Å². The highest BCUT2D eigenvalue weighted by atomic mass is 19.2. The van der Waals surface area contributed by atoms with Crippen molar-refractivity contribution in [3.05, 3.63) is 54.0 Å². The predicted octanol–water partition coefficient (Wildman–Crippen LogP) is 3.66. The summed E-state index contributed by atoms with van der Waals surface area (Å²) in [5, 5.41) is 0. The van der Waals surface area contributed by atoms with E-state index in [1.807, 2.05) is 6.07 Å². The SMILES string of the molecule is CCN(c1ccccc1)c1nc(F)c(F)cc1F. The van der Waals surface area contributed by atoms with Crippen LogP contribution in [0.25, 0.3) is 0 Å². The van der Waals surface area contributed by atoms with Crippen LogP contribution in [-0.4, -0.2) is 11.5 Å². The molecule has 0 bridgehead atoms. The van der Waals surface area contributed by atoms with Crippen molar-refractivity contribution in [3.63, 3.8) is 0 Å². The summed E-state index contributed by atoms with van der Waals surface area (Å²) in [6.07, 6.45) is 0. The summed E-state index contributed by atoms with van der Waals surface area (Å²) in [6.45, 7) is 2.16. The molecule has 1 aromatic carbocycles. The normalized spacial score (nSPS) is 10.4. The van der Waals surface area contributed by atoms with Crippen LogP contribution < -0.4 is 4.90 Å². The molecule has 0 radical (unpaired) electrons. The minimum atomic E-state index is -1.30. The minimum absolute atomic E-state index is 0.220. The number of nitrogens with zero attached hydrogens (tertiary/aromatic N) is 2. The van der Waals surface area contributed by atoms with E-state index in [4.69, 9.17) is 0 Å². The molecule has 94 valence electrons. The summed E-state index contributed by atoms with van der Waals surface area (Å²) in [5.41, 5.74) is 0.664. The summed E-state index contributed by atoms with van der Waals surface area (Å²) in [7, 11) is 0. The van der Waals surface area contributed by atoms with Crippen LogP contribution in [-0.2, 0) is 0 Å². The Balaban J connectivity index is 2.49. The lowest BCUT2D eigenvalue weighted by Gasteiger charge is -2.22. The first-order valence-corrected chi connectivity index (χ1v) is 5.47. The van der Waals surface area contributed by atoms with Gasteiger partial charge in [0, 0.05) is 18.3 Å². The number of halogens is 3. The van der Waals surface area contributed by atoms with Gasteiger partial charge in [0.2, 0.25) is 0 Å². The number of anilines is 2. The lowest BCUT2D eigenvalue weighted by molar-refractivity contribution is 0.464. The lowest BCUT2D eigenvalue weighted by Crippen LogP contribution is -2.19. The summed E-state index contributed by atoms with van der Waals surface area (Å²) >= 11 is 0. The van der Waals surface area contributed by atoms with Crippen molar-refractivity contribution in [1.82, 2.24) is 4.98 Å². The molecule has 0 aliphatic rings. The molecular weight excluding hydrogens is 241 g/mol. The first-order chi connectivity index (χ1) is 8.63. The molecule has 5 heteroatoms. The van der Waals surface area contributed by atoms with Crippen LogP contribution >= 0.6 is 0 Å². The van der Waals surface area contributed by atoms with Crippen LogP contribution in [0.1, 0.15) is 6.92 Å². The van der Waals surface area contributed by atoms with Gasteiger partial charge in [-0.2, -0.15) is 9.37 Å². The van der Waals surface area contributed by atoms with E-state index in [1.165, 1.54) is 4.90 Å². The van der Waals surface area contributed by atoms with Crippen molar-refractivity contribution in [1.29, 1.82) is 0 Å². The van der Waals surface area contributed by atoms with Crippen molar-refractivity contribution in [2.24, 2.45) is 0 Å². The Morgan fingerprint density at radius 1 is 1.06 bits per heavy atom. The third-order valence-corrected chi connectivity index (χ3v) is 2.51. The molecule has 2 rings (SSSR count). The molecule has 0 fully saturated rings. The number of benzene rings is 1. The average molecular weight is 252 g/mol. The van der Waals surface area contributed by atoms with Crippen molar-refractivity contribution in [2.45, 2.75) is 6.92 Å². The number of rotatable bonds is 3. The highest BCUT2D eigenvalue weighted by Crippen LogP contribution is 2.26. The van der Waals surface area contributed by atoms with E-state index in [0.717, 1.165) is 0 Å². The molecule has 0 N–H and O–H groups in total. The summed E-state index contributed by atoms with van der Waals surface area (Å²) in [4.78, 5) is 4.80. The maximum atomic E-state index is 13.6. The lowest BCUT2D eigenvalue weighted by atomic mass is 10.2. The smallest absolute Gasteiger partial charge is 0.251 e. The van der Waals surface area contributed by atoms with Gasteiger partial charge in [-0.3, -0.25) is 0 Å². The minimum Gasteiger partial charge on any atom is -0.324 e. The number of pyridine rings is 1. The first-order valence-electron chi connectivity index (χ1n) is 5.47. The van der Waals surface area contributed by atoms with Crippen molar-refractivity contribution < 1.29 is 13.2 Å². The van der Waals surface area contributed by atoms with Gasteiger partial charge in [-0.05, 0) is 19.1 Å². The molecule has 0 aliphatic carbocycles. The summed E-state index contributed by atoms with van der Waals surface area (Å²) in [6, 6.07) is 9.35. The van der Waals surface area contributed by atoms with Gasteiger partial charge in [0.05, 0.1) is 0 Å². The van der Waals surface area contributed by atoms with Gasteiger partial charge in [0.1, 0.15) is 0 Å². The van der Waals surface area contributed by atoms with Gasteiger partial charge in [-0.25, -0.2) is 8.78 Å². The van der Waals surface area contributed by atoms with E-state index >= 15 is 0 Å². The van der Waals surface area contributed by atoms with Crippen LogP contribution in [0.2, 0.25) is 0 Å². The van der Waals surface area contributed by atoms with Crippen LogP contribution in [0.5, 0.6) is 0 Å². The predicted molar refractivity (Wildman–Crippen MR) is 63.2 cm³/mol. The fraction of sp³-hybridized carbons (Fsp3) is 0.154.